The van der Waals surface area contributed by atoms with Crippen LogP contribution in [0.15, 0.2) is 24.3 Å². The van der Waals surface area contributed by atoms with E-state index < -0.39 is 10.0 Å². The van der Waals surface area contributed by atoms with Gasteiger partial charge in [-0.15, -0.1) is 0 Å². The number of aryl methyl sites for hydroxylation is 1. The molecule has 1 aliphatic rings. The van der Waals surface area contributed by atoms with Crippen molar-refractivity contribution in [3.05, 3.63) is 30.0 Å². The fourth-order valence-corrected chi connectivity index (χ4v) is 4.38. The van der Waals surface area contributed by atoms with Crippen molar-refractivity contribution >= 4 is 26.7 Å². The minimum atomic E-state index is -3.33. The predicted octanol–water partition coefficient (Wildman–Crippen LogP) is 2.95. The third-order valence-electron chi connectivity index (χ3n) is 5.49. The number of aromatic amines is 1. The summed E-state index contributed by atoms with van der Waals surface area (Å²) in [5.74, 6) is 1.02. The Labute approximate surface area is 182 Å². The van der Waals surface area contributed by atoms with Gasteiger partial charge in [0.25, 0.3) is 0 Å². The van der Waals surface area contributed by atoms with Crippen LogP contribution in [0.5, 0.6) is 5.88 Å². The van der Waals surface area contributed by atoms with E-state index in [0.717, 1.165) is 48.8 Å². The molecule has 10 heteroatoms. The van der Waals surface area contributed by atoms with Crippen molar-refractivity contribution in [2.24, 2.45) is 0 Å². The molecular formula is C21H28N6O3S. The topological polar surface area (TPSA) is 113 Å². The molecule has 1 saturated heterocycles. The Bertz CT molecular complexity index is 1170. The second kappa shape index (κ2) is 8.43. The van der Waals surface area contributed by atoms with Gasteiger partial charge in [0.05, 0.1) is 6.26 Å². The lowest BCUT2D eigenvalue weighted by Gasteiger charge is -2.34. The van der Waals surface area contributed by atoms with E-state index in [1.807, 2.05) is 6.92 Å². The van der Waals surface area contributed by atoms with E-state index >= 15 is 0 Å². The number of anilines is 1. The minimum absolute atomic E-state index is 0.0941. The maximum Gasteiger partial charge on any atom is 0.229 e. The molecule has 0 unspecified atom stereocenters. The van der Waals surface area contributed by atoms with Crippen molar-refractivity contribution < 1.29 is 13.2 Å². The number of hydrogen-bond acceptors (Lipinski definition) is 7. The molecule has 3 aromatic rings. The van der Waals surface area contributed by atoms with Gasteiger partial charge in [-0.05, 0) is 57.9 Å². The number of nitrogens with one attached hydrogen (secondary N) is 2. The maximum absolute atomic E-state index is 11.4. The van der Waals surface area contributed by atoms with Crippen molar-refractivity contribution in [3.8, 4) is 17.3 Å². The Balaban J connectivity index is 1.61. The Kier molecular flexibility index (Phi) is 5.85. The highest BCUT2D eigenvalue weighted by Gasteiger charge is 2.24. The number of sulfonamides is 1. The highest BCUT2D eigenvalue weighted by molar-refractivity contribution is 7.92. The van der Waals surface area contributed by atoms with E-state index in [9.17, 15) is 8.42 Å². The molecule has 0 aliphatic carbocycles. The maximum atomic E-state index is 11.4. The molecule has 3 heterocycles. The largest absolute Gasteiger partial charge is 0.474 e. The Morgan fingerprint density at radius 2 is 1.84 bits per heavy atom. The Hall–Kier alpha value is -2.72. The summed E-state index contributed by atoms with van der Waals surface area (Å²) in [5, 5.41) is 8.07. The van der Waals surface area contributed by atoms with Crippen LogP contribution < -0.4 is 9.46 Å². The van der Waals surface area contributed by atoms with Crippen LogP contribution in [0.25, 0.3) is 22.4 Å². The zero-order valence-corrected chi connectivity index (χ0v) is 19.0. The first-order valence-electron chi connectivity index (χ1n) is 10.4. The highest BCUT2D eigenvalue weighted by atomic mass is 32.2. The van der Waals surface area contributed by atoms with Crippen LogP contribution in [-0.4, -0.2) is 65.0 Å². The molecule has 1 fully saturated rings. The Morgan fingerprint density at radius 1 is 1.16 bits per heavy atom. The number of fused-ring (bicyclic) bond motifs is 1. The van der Waals surface area contributed by atoms with Crippen LogP contribution in [-0.2, 0) is 10.0 Å². The van der Waals surface area contributed by atoms with Gasteiger partial charge in [-0.2, -0.15) is 10.1 Å². The minimum Gasteiger partial charge on any atom is -0.474 e. The van der Waals surface area contributed by atoms with Crippen LogP contribution in [0.4, 0.5) is 5.69 Å². The lowest BCUT2D eigenvalue weighted by atomic mass is 10.1. The van der Waals surface area contributed by atoms with Crippen LogP contribution in [0.2, 0.25) is 0 Å². The van der Waals surface area contributed by atoms with Crippen molar-refractivity contribution in [1.82, 2.24) is 25.1 Å². The number of H-pyrrole nitrogens is 1. The van der Waals surface area contributed by atoms with Crippen molar-refractivity contribution in [1.29, 1.82) is 0 Å². The molecule has 0 atom stereocenters. The van der Waals surface area contributed by atoms with Crippen molar-refractivity contribution in [3.63, 3.8) is 0 Å². The zero-order valence-electron chi connectivity index (χ0n) is 18.2. The summed E-state index contributed by atoms with van der Waals surface area (Å²) in [7, 11) is -3.33. The fraction of sp³-hybridized carbons (Fsp3) is 0.476. The standard InChI is InChI=1S/C21H28N6O3S/c1-13(2)27-11-9-17(10-12-27)30-21-18-14(3)24-25-20(18)22-19(23-21)15-5-7-16(8-6-15)26-31(4,28)29/h5-8,13,17,26H,9-12H2,1-4H3,(H,22,23,24,25). The number of hydrogen-bond donors (Lipinski definition) is 2. The molecule has 0 spiro atoms. The molecular weight excluding hydrogens is 416 g/mol. The summed E-state index contributed by atoms with van der Waals surface area (Å²) in [4.78, 5) is 11.7. The van der Waals surface area contributed by atoms with E-state index in [-0.39, 0.29) is 6.10 Å². The zero-order chi connectivity index (χ0) is 22.2. The summed E-state index contributed by atoms with van der Waals surface area (Å²) >= 11 is 0. The summed E-state index contributed by atoms with van der Waals surface area (Å²) in [5.41, 5.74) is 2.65. The second-order valence-electron chi connectivity index (χ2n) is 8.30. The van der Waals surface area contributed by atoms with Crippen molar-refractivity contribution in [2.45, 2.75) is 45.8 Å². The van der Waals surface area contributed by atoms with E-state index in [2.05, 4.69) is 38.7 Å². The van der Waals surface area contributed by atoms with Gasteiger partial charge >= 0.3 is 0 Å². The summed E-state index contributed by atoms with van der Waals surface area (Å²) in [6.07, 6.45) is 3.10. The fourth-order valence-electron chi connectivity index (χ4n) is 3.81. The first-order valence-corrected chi connectivity index (χ1v) is 12.3. The van der Waals surface area contributed by atoms with Gasteiger partial charge in [0.1, 0.15) is 11.5 Å². The molecule has 0 amide bonds. The van der Waals surface area contributed by atoms with Crippen LogP contribution in [0.3, 0.4) is 0 Å². The monoisotopic (exact) mass is 444 g/mol. The Morgan fingerprint density at radius 3 is 2.45 bits per heavy atom. The van der Waals surface area contributed by atoms with E-state index in [1.165, 1.54) is 0 Å². The van der Waals surface area contributed by atoms with Crippen LogP contribution in [0, 0.1) is 6.92 Å². The highest BCUT2D eigenvalue weighted by Crippen LogP contribution is 2.30. The number of benzene rings is 1. The van der Waals surface area contributed by atoms with Gasteiger partial charge in [0, 0.05) is 36.1 Å². The molecule has 1 aliphatic heterocycles. The quantitative estimate of drug-likeness (QED) is 0.601. The smallest absolute Gasteiger partial charge is 0.229 e. The average molecular weight is 445 g/mol. The number of aromatic nitrogens is 4. The van der Waals surface area contributed by atoms with E-state index in [1.54, 1.807) is 24.3 Å². The molecule has 1 aromatic carbocycles. The first kappa shape index (κ1) is 21.5. The van der Waals surface area contributed by atoms with Gasteiger partial charge in [-0.1, -0.05) is 0 Å². The van der Waals surface area contributed by atoms with E-state index in [4.69, 9.17) is 9.72 Å². The molecule has 166 valence electrons. The number of likely N-dealkylation sites (tertiary alicyclic amines) is 1. The first-order chi connectivity index (χ1) is 14.7. The summed E-state index contributed by atoms with van der Waals surface area (Å²) in [6.45, 7) is 8.36. The van der Waals surface area contributed by atoms with Crippen LogP contribution >= 0.6 is 0 Å². The number of ether oxygens (including phenoxy) is 1. The van der Waals surface area contributed by atoms with Gasteiger partial charge in [0.2, 0.25) is 15.9 Å². The van der Waals surface area contributed by atoms with Crippen molar-refractivity contribution in [2.75, 3.05) is 24.1 Å². The predicted molar refractivity (Wildman–Crippen MR) is 121 cm³/mol. The molecule has 4 rings (SSSR count). The normalized spacial score (nSPS) is 16.2. The number of piperidine rings is 1. The third-order valence-corrected chi connectivity index (χ3v) is 6.10. The SMILES string of the molecule is Cc1[nH]nc2nc(-c3ccc(NS(C)(=O)=O)cc3)nc(OC3CCN(C(C)C)CC3)c12. The lowest BCUT2D eigenvalue weighted by molar-refractivity contribution is 0.0824. The molecule has 0 saturated carbocycles. The second-order valence-corrected chi connectivity index (χ2v) is 10.0. The molecule has 2 N–H and O–H groups in total. The van der Waals surface area contributed by atoms with Gasteiger partial charge in [-0.25, -0.2) is 13.4 Å². The molecule has 2 aromatic heterocycles. The van der Waals surface area contributed by atoms with Crippen LogP contribution in [0.1, 0.15) is 32.4 Å². The number of rotatable bonds is 6. The molecule has 0 bridgehead atoms. The molecule has 31 heavy (non-hydrogen) atoms. The van der Waals surface area contributed by atoms with E-state index in [0.29, 0.717) is 29.1 Å². The summed E-state index contributed by atoms with van der Waals surface area (Å²) < 4.78 is 31.7. The average Bonchev–Trinajstić information content (AvgIpc) is 3.09. The molecule has 9 nitrogen and oxygen atoms in total. The van der Waals surface area contributed by atoms with Gasteiger partial charge in [-0.3, -0.25) is 9.82 Å². The van der Waals surface area contributed by atoms with Gasteiger partial charge in [0.15, 0.2) is 11.5 Å². The summed E-state index contributed by atoms with van der Waals surface area (Å²) in [6, 6.07) is 7.46. The molecule has 0 radical (unpaired) electrons. The lowest BCUT2D eigenvalue weighted by Crippen LogP contribution is -2.41. The third kappa shape index (κ3) is 4.96. The van der Waals surface area contributed by atoms with Gasteiger partial charge < -0.3 is 9.64 Å². The number of nitrogens with zero attached hydrogens (tertiary/aromatic N) is 4.